The quantitative estimate of drug-likeness (QED) is 0.897. The van der Waals surface area contributed by atoms with Gasteiger partial charge in [0.1, 0.15) is 5.69 Å². The van der Waals surface area contributed by atoms with Crippen molar-refractivity contribution in [2.75, 3.05) is 19.4 Å². The summed E-state index contributed by atoms with van der Waals surface area (Å²) >= 11 is 3.22. The maximum atomic E-state index is 12.1. The standard InChI is InChI=1S/C13H20BrN3O2/c1-5-11(16(3)4)13(19)15-10-8-17(6-2)7-9(14)12(10)18/h7-8,11H,5-6H2,1-4H3,(H,15,19). The SMILES string of the molecule is CCC(C(=O)Nc1cn(CC)cc(Br)c1=O)N(C)C. The second-order valence-corrected chi connectivity index (χ2v) is 5.41. The molecule has 5 nitrogen and oxygen atoms in total. The van der Waals surface area contributed by atoms with Crippen molar-refractivity contribution >= 4 is 27.5 Å². The Morgan fingerprint density at radius 1 is 1.42 bits per heavy atom. The van der Waals surface area contributed by atoms with Crippen LogP contribution in [0.15, 0.2) is 21.7 Å². The third-order valence-electron chi connectivity index (χ3n) is 2.97. The van der Waals surface area contributed by atoms with E-state index in [1.807, 2.05) is 37.4 Å². The highest BCUT2D eigenvalue weighted by Crippen LogP contribution is 2.10. The second-order valence-electron chi connectivity index (χ2n) is 4.56. The molecule has 1 atom stereocenters. The molecule has 0 radical (unpaired) electrons. The Labute approximate surface area is 121 Å². The van der Waals surface area contributed by atoms with Gasteiger partial charge in [-0.05, 0) is 43.4 Å². The molecule has 0 aliphatic carbocycles. The number of pyridine rings is 1. The summed E-state index contributed by atoms with van der Waals surface area (Å²) in [6, 6.07) is -0.242. The van der Waals surface area contributed by atoms with Crippen LogP contribution in [0.1, 0.15) is 20.3 Å². The zero-order valence-corrected chi connectivity index (χ0v) is 13.3. The molecule has 0 spiro atoms. The van der Waals surface area contributed by atoms with Crippen LogP contribution >= 0.6 is 15.9 Å². The number of hydrogen-bond donors (Lipinski definition) is 1. The molecule has 0 saturated heterocycles. The topological polar surface area (TPSA) is 54.3 Å². The van der Waals surface area contributed by atoms with Gasteiger partial charge in [0.15, 0.2) is 0 Å². The van der Waals surface area contributed by atoms with Gasteiger partial charge in [-0.25, -0.2) is 0 Å². The summed E-state index contributed by atoms with van der Waals surface area (Å²) in [4.78, 5) is 25.9. The molecular formula is C13H20BrN3O2. The lowest BCUT2D eigenvalue weighted by atomic mass is 10.2. The Balaban J connectivity index is 3.02. The van der Waals surface area contributed by atoms with Gasteiger partial charge in [-0.1, -0.05) is 6.92 Å². The molecule has 19 heavy (non-hydrogen) atoms. The maximum Gasteiger partial charge on any atom is 0.241 e. The minimum absolute atomic E-state index is 0.162. The highest BCUT2D eigenvalue weighted by Gasteiger charge is 2.20. The van der Waals surface area contributed by atoms with Gasteiger partial charge in [0, 0.05) is 18.9 Å². The predicted molar refractivity (Wildman–Crippen MR) is 80.5 cm³/mol. The van der Waals surface area contributed by atoms with E-state index in [1.54, 1.807) is 12.4 Å². The van der Waals surface area contributed by atoms with Crippen LogP contribution in [0.5, 0.6) is 0 Å². The van der Waals surface area contributed by atoms with E-state index < -0.39 is 0 Å². The number of aryl methyl sites for hydroxylation is 1. The largest absolute Gasteiger partial charge is 0.351 e. The number of halogens is 1. The van der Waals surface area contributed by atoms with Crippen LogP contribution < -0.4 is 10.7 Å². The number of nitrogens with zero attached hydrogens (tertiary/aromatic N) is 2. The lowest BCUT2D eigenvalue weighted by molar-refractivity contribution is -0.120. The first kappa shape index (κ1) is 15.9. The number of anilines is 1. The van der Waals surface area contributed by atoms with Crippen molar-refractivity contribution in [3.63, 3.8) is 0 Å². The van der Waals surface area contributed by atoms with Gasteiger partial charge in [-0.2, -0.15) is 0 Å². The number of amides is 1. The van der Waals surface area contributed by atoms with Crippen LogP contribution in [-0.4, -0.2) is 35.5 Å². The van der Waals surface area contributed by atoms with Crippen LogP contribution in [0.25, 0.3) is 0 Å². The van der Waals surface area contributed by atoms with E-state index >= 15 is 0 Å². The molecule has 0 saturated carbocycles. The summed E-state index contributed by atoms with van der Waals surface area (Å²) in [5, 5.41) is 2.71. The Bertz CT molecular complexity index is 511. The minimum Gasteiger partial charge on any atom is -0.351 e. The summed E-state index contributed by atoms with van der Waals surface area (Å²) in [5.74, 6) is -0.162. The summed E-state index contributed by atoms with van der Waals surface area (Å²) in [6.07, 6.45) is 4.06. The molecule has 0 aliphatic heterocycles. The fourth-order valence-corrected chi connectivity index (χ4v) is 2.34. The number of carbonyl (C=O) groups excluding carboxylic acids is 1. The summed E-state index contributed by atoms with van der Waals surface area (Å²) < 4.78 is 2.29. The van der Waals surface area contributed by atoms with Gasteiger partial charge in [-0.3, -0.25) is 14.5 Å². The zero-order chi connectivity index (χ0) is 14.6. The van der Waals surface area contributed by atoms with Crippen molar-refractivity contribution in [2.45, 2.75) is 32.9 Å². The molecule has 6 heteroatoms. The fourth-order valence-electron chi connectivity index (χ4n) is 1.87. The van der Waals surface area contributed by atoms with Crippen molar-refractivity contribution in [3.05, 3.63) is 27.1 Å². The van der Waals surface area contributed by atoms with Gasteiger partial charge in [0.25, 0.3) is 0 Å². The zero-order valence-electron chi connectivity index (χ0n) is 11.7. The third kappa shape index (κ3) is 3.91. The van der Waals surface area contributed by atoms with E-state index in [1.165, 1.54) is 0 Å². The monoisotopic (exact) mass is 329 g/mol. The number of hydrogen-bond acceptors (Lipinski definition) is 3. The van der Waals surface area contributed by atoms with Gasteiger partial charge in [0.05, 0.1) is 10.5 Å². The smallest absolute Gasteiger partial charge is 0.241 e. The maximum absolute atomic E-state index is 12.1. The van der Waals surface area contributed by atoms with Crippen molar-refractivity contribution in [1.82, 2.24) is 9.47 Å². The van der Waals surface area contributed by atoms with E-state index in [2.05, 4.69) is 21.2 Å². The Morgan fingerprint density at radius 2 is 2.05 bits per heavy atom. The summed E-state index contributed by atoms with van der Waals surface area (Å²) in [7, 11) is 3.69. The predicted octanol–water partition coefficient (Wildman–Crippen LogP) is 1.91. The van der Waals surface area contributed by atoms with Crippen molar-refractivity contribution in [1.29, 1.82) is 0 Å². The molecule has 1 rings (SSSR count). The molecule has 1 amide bonds. The molecule has 0 fully saturated rings. The lowest BCUT2D eigenvalue weighted by Crippen LogP contribution is -2.40. The highest BCUT2D eigenvalue weighted by atomic mass is 79.9. The van der Waals surface area contributed by atoms with E-state index in [0.29, 0.717) is 16.6 Å². The lowest BCUT2D eigenvalue weighted by Gasteiger charge is -2.21. The normalized spacial score (nSPS) is 12.5. The third-order valence-corrected chi connectivity index (χ3v) is 3.54. The van der Waals surface area contributed by atoms with Crippen LogP contribution in [0.4, 0.5) is 5.69 Å². The molecule has 1 N–H and O–H groups in total. The number of likely N-dealkylation sites (N-methyl/N-ethyl adjacent to an activating group) is 1. The first-order valence-electron chi connectivity index (χ1n) is 6.27. The Morgan fingerprint density at radius 3 is 2.53 bits per heavy atom. The van der Waals surface area contributed by atoms with Crippen LogP contribution in [-0.2, 0) is 11.3 Å². The first-order valence-corrected chi connectivity index (χ1v) is 7.06. The van der Waals surface area contributed by atoms with E-state index in [4.69, 9.17) is 0 Å². The van der Waals surface area contributed by atoms with Crippen LogP contribution in [0, 0.1) is 0 Å². The van der Waals surface area contributed by atoms with Crippen molar-refractivity contribution in [2.24, 2.45) is 0 Å². The first-order chi connectivity index (χ1) is 8.90. The van der Waals surface area contributed by atoms with Gasteiger partial charge >= 0.3 is 0 Å². The van der Waals surface area contributed by atoms with Crippen molar-refractivity contribution < 1.29 is 4.79 Å². The van der Waals surface area contributed by atoms with Crippen LogP contribution in [0.3, 0.4) is 0 Å². The minimum atomic E-state index is -0.242. The van der Waals surface area contributed by atoms with Crippen molar-refractivity contribution in [3.8, 4) is 0 Å². The van der Waals surface area contributed by atoms with E-state index in [9.17, 15) is 9.59 Å². The second kappa shape index (κ2) is 6.86. The molecule has 1 unspecified atom stereocenters. The number of rotatable bonds is 5. The summed E-state index contributed by atoms with van der Waals surface area (Å²) in [5.41, 5.74) is 0.105. The molecule has 0 aromatic carbocycles. The van der Waals surface area contributed by atoms with Gasteiger partial charge in [0.2, 0.25) is 11.3 Å². The van der Waals surface area contributed by atoms with Gasteiger partial charge < -0.3 is 9.88 Å². The summed E-state index contributed by atoms with van der Waals surface area (Å²) in [6.45, 7) is 4.64. The molecule has 1 aromatic rings. The molecule has 1 heterocycles. The highest BCUT2D eigenvalue weighted by molar-refractivity contribution is 9.10. The molecular weight excluding hydrogens is 310 g/mol. The number of nitrogens with one attached hydrogen (secondary N) is 1. The average Bonchev–Trinajstić information content (AvgIpc) is 2.34. The Hall–Kier alpha value is -1.14. The molecule has 0 bridgehead atoms. The molecule has 0 aliphatic rings. The fraction of sp³-hybridized carbons (Fsp3) is 0.538. The van der Waals surface area contributed by atoms with E-state index in [-0.39, 0.29) is 17.4 Å². The van der Waals surface area contributed by atoms with Crippen LogP contribution in [0.2, 0.25) is 0 Å². The number of aromatic nitrogens is 1. The van der Waals surface area contributed by atoms with E-state index in [0.717, 1.165) is 6.54 Å². The number of carbonyl (C=O) groups is 1. The molecule has 106 valence electrons. The van der Waals surface area contributed by atoms with Gasteiger partial charge in [-0.15, -0.1) is 0 Å². The average molecular weight is 330 g/mol. The molecule has 1 aromatic heterocycles. The Kier molecular flexibility index (Phi) is 5.75.